The molecule has 4 rings (SSSR count). The molecule has 1 saturated heterocycles. The summed E-state index contributed by atoms with van der Waals surface area (Å²) in [6.45, 7) is 7.01. The minimum Gasteiger partial charge on any atom is -0.493 e. The molecule has 2 atom stereocenters. The number of aryl methyl sites for hydroxylation is 1. The number of rotatable bonds is 7. The van der Waals surface area contributed by atoms with E-state index in [-0.39, 0.29) is 12.0 Å². The summed E-state index contributed by atoms with van der Waals surface area (Å²) in [4.78, 5) is 2.32. The molecule has 5 nitrogen and oxygen atoms in total. The molecule has 0 spiro atoms. The molecule has 0 radical (unpaired) electrons. The maximum Gasteiger partial charge on any atom is 0.137 e. The molecule has 1 aliphatic heterocycles. The summed E-state index contributed by atoms with van der Waals surface area (Å²) in [5.74, 6) is 1.95. The van der Waals surface area contributed by atoms with Gasteiger partial charge in [-0.3, -0.25) is 4.90 Å². The van der Waals surface area contributed by atoms with Crippen LogP contribution in [0.4, 0.5) is 0 Å². The van der Waals surface area contributed by atoms with Crippen molar-refractivity contribution in [3.63, 3.8) is 0 Å². The zero-order valence-corrected chi connectivity index (χ0v) is 16.6. The zero-order chi connectivity index (χ0) is 19.5. The molecule has 3 aromatic rings. The summed E-state index contributed by atoms with van der Waals surface area (Å²) < 4.78 is 11.4. The first-order valence-electron chi connectivity index (χ1n) is 10.1. The average Bonchev–Trinajstić information content (AvgIpc) is 3.26. The van der Waals surface area contributed by atoms with Gasteiger partial charge in [-0.2, -0.15) is 0 Å². The van der Waals surface area contributed by atoms with E-state index in [1.807, 2.05) is 13.0 Å². The predicted molar refractivity (Wildman–Crippen MR) is 109 cm³/mol. The third kappa shape index (κ3) is 4.05. The second-order valence-corrected chi connectivity index (χ2v) is 7.77. The molecule has 5 heteroatoms. The number of aliphatic hydroxyl groups is 1. The van der Waals surface area contributed by atoms with Crippen LogP contribution in [0.25, 0.3) is 10.8 Å². The Labute approximate surface area is 165 Å². The van der Waals surface area contributed by atoms with Crippen LogP contribution in [0.15, 0.2) is 47.0 Å². The molecule has 2 aromatic carbocycles. The average molecular weight is 380 g/mol. The highest BCUT2D eigenvalue weighted by Gasteiger charge is 2.32. The SMILES string of the molecule is CCCOc1ccc2ccccc2c1CN1C[C@@H](Cc2cc(C)no2)[C@H](O)C1. The van der Waals surface area contributed by atoms with E-state index >= 15 is 0 Å². The van der Waals surface area contributed by atoms with Gasteiger partial charge in [-0.25, -0.2) is 0 Å². The molecule has 1 fully saturated rings. The Morgan fingerprint density at radius 2 is 2.07 bits per heavy atom. The van der Waals surface area contributed by atoms with Gasteiger partial charge in [0.2, 0.25) is 0 Å². The Kier molecular flexibility index (Phi) is 5.64. The van der Waals surface area contributed by atoms with Gasteiger partial charge in [0, 0.05) is 43.6 Å². The van der Waals surface area contributed by atoms with Crippen molar-refractivity contribution in [1.29, 1.82) is 0 Å². The van der Waals surface area contributed by atoms with E-state index in [2.05, 4.69) is 53.4 Å². The lowest BCUT2D eigenvalue weighted by molar-refractivity contribution is 0.137. The van der Waals surface area contributed by atoms with Crippen molar-refractivity contribution in [3.05, 3.63) is 59.5 Å². The standard InChI is InChI=1S/C23H28N2O3/c1-3-10-27-23-9-8-17-6-4-5-7-20(17)21(23)14-25-13-18(22(26)15-25)12-19-11-16(2)24-28-19/h4-9,11,18,22,26H,3,10,12-15H2,1-2H3/t18-,22-/m1/s1. The molecular formula is C23H28N2O3. The topological polar surface area (TPSA) is 58.7 Å². The Morgan fingerprint density at radius 1 is 1.21 bits per heavy atom. The fraction of sp³-hybridized carbons (Fsp3) is 0.435. The highest BCUT2D eigenvalue weighted by molar-refractivity contribution is 5.87. The smallest absolute Gasteiger partial charge is 0.137 e. The maximum atomic E-state index is 10.6. The van der Waals surface area contributed by atoms with Gasteiger partial charge in [-0.05, 0) is 30.2 Å². The Morgan fingerprint density at radius 3 is 2.86 bits per heavy atom. The van der Waals surface area contributed by atoms with E-state index in [0.29, 0.717) is 19.6 Å². The summed E-state index contributed by atoms with van der Waals surface area (Å²) in [5, 5.41) is 17.0. The van der Waals surface area contributed by atoms with Crippen molar-refractivity contribution in [2.75, 3.05) is 19.7 Å². The van der Waals surface area contributed by atoms with Crippen molar-refractivity contribution >= 4 is 10.8 Å². The molecule has 0 aliphatic carbocycles. The molecule has 148 valence electrons. The van der Waals surface area contributed by atoms with E-state index in [1.165, 1.54) is 16.3 Å². The van der Waals surface area contributed by atoms with Crippen molar-refractivity contribution in [2.45, 2.75) is 39.3 Å². The fourth-order valence-corrected chi connectivity index (χ4v) is 4.09. The zero-order valence-electron chi connectivity index (χ0n) is 16.6. The van der Waals surface area contributed by atoms with E-state index in [0.717, 1.165) is 36.7 Å². The monoisotopic (exact) mass is 380 g/mol. The molecule has 28 heavy (non-hydrogen) atoms. The highest BCUT2D eigenvalue weighted by Crippen LogP contribution is 2.32. The Balaban J connectivity index is 1.54. The van der Waals surface area contributed by atoms with Gasteiger partial charge in [-0.1, -0.05) is 42.4 Å². The third-order valence-electron chi connectivity index (χ3n) is 5.46. The summed E-state index contributed by atoms with van der Waals surface area (Å²) in [7, 11) is 0. The normalized spacial score (nSPS) is 20.1. The fourth-order valence-electron chi connectivity index (χ4n) is 4.09. The molecule has 1 aliphatic rings. The predicted octanol–water partition coefficient (Wildman–Crippen LogP) is 3.96. The first-order valence-corrected chi connectivity index (χ1v) is 10.1. The van der Waals surface area contributed by atoms with Crippen LogP contribution >= 0.6 is 0 Å². The molecule has 1 N–H and O–H groups in total. The van der Waals surface area contributed by atoms with Gasteiger partial charge in [0.25, 0.3) is 0 Å². The number of fused-ring (bicyclic) bond motifs is 1. The summed E-state index contributed by atoms with van der Waals surface area (Å²) >= 11 is 0. The molecule has 2 heterocycles. The molecule has 1 aromatic heterocycles. The number of nitrogens with zero attached hydrogens (tertiary/aromatic N) is 2. The summed E-state index contributed by atoms with van der Waals surface area (Å²) in [6.07, 6.45) is 1.33. The van der Waals surface area contributed by atoms with E-state index in [1.54, 1.807) is 0 Å². The summed E-state index contributed by atoms with van der Waals surface area (Å²) in [5.41, 5.74) is 2.09. The van der Waals surface area contributed by atoms with Gasteiger partial charge in [0.1, 0.15) is 11.5 Å². The van der Waals surface area contributed by atoms with Crippen LogP contribution in [-0.2, 0) is 13.0 Å². The number of ether oxygens (including phenoxy) is 1. The first-order chi connectivity index (χ1) is 13.6. The molecule has 0 saturated carbocycles. The lowest BCUT2D eigenvalue weighted by Crippen LogP contribution is -2.22. The number of hydrogen-bond acceptors (Lipinski definition) is 5. The van der Waals surface area contributed by atoms with Gasteiger partial charge in [0.15, 0.2) is 0 Å². The molecular weight excluding hydrogens is 352 g/mol. The van der Waals surface area contributed by atoms with Crippen molar-refractivity contribution < 1.29 is 14.4 Å². The summed E-state index contributed by atoms with van der Waals surface area (Å²) in [6, 6.07) is 14.6. The Bertz CT molecular complexity index is 936. The van der Waals surface area contributed by atoms with E-state index < -0.39 is 0 Å². The van der Waals surface area contributed by atoms with Crippen LogP contribution in [0.5, 0.6) is 5.75 Å². The van der Waals surface area contributed by atoms with Crippen molar-refractivity contribution in [2.24, 2.45) is 5.92 Å². The number of aliphatic hydroxyl groups excluding tert-OH is 1. The van der Waals surface area contributed by atoms with Crippen LogP contribution in [-0.4, -0.2) is 41.0 Å². The maximum absolute atomic E-state index is 10.6. The lowest BCUT2D eigenvalue weighted by Gasteiger charge is -2.20. The van der Waals surface area contributed by atoms with Crippen LogP contribution in [0.1, 0.15) is 30.4 Å². The number of β-amino-alcohol motifs (C(OH)–C–C–N with tert-alkyl or cyclic N) is 1. The Hall–Kier alpha value is -2.37. The minimum absolute atomic E-state index is 0.155. The van der Waals surface area contributed by atoms with Crippen LogP contribution < -0.4 is 4.74 Å². The minimum atomic E-state index is -0.361. The lowest BCUT2D eigenvalue weighted by atomic mass is 10.0. The van der Waals surface area contributed by atoms with Gasteiger partial charge in [-0.15, -0.1) is 0 Å². The van der Waals surface area contributed by atoms with Gasteiger partial charge >= 0.3 is 0 Å². The molecule has 0 bridgehead atoms. The van der Waals surface area contributed by atoms with Gasteiger partial charge in [0.05, 0.1) is 18.4 Å². The highest BCUT2D eigenvalue weighted by atomic mass is 16.5. The molecule has 0 amide bonds. The number of likely N-dealkylation sites (tertiary alicyclic amines) is 1. The van der Waals surface area contributed by atoms with Crippen LogP contribution in [0.2, 0.25) is 0 Å². The molecule has 0 unspecified atom stereocenters. The number of hydrogen-bond donors (Lipinski definition) is 1. The van der Waals surface area contributed by atoms with Crippen molar-refractivity contribution in [1.82, 2.24) is 10.1 Å². The largest absolute Gasteiger partial charge is 0.493 e. The van der Waals surface area contributed by atoms with Crippen molar-refractivity contribution in [3.8, 4) is 5.75 Å². The number of benzene rings is 2. The second kappa shape index (κ2) is 8.33. The van der Waals surface area contributed by atoms with E-state index in [9.17, 15) is 5.11 Å². The quantitative estimate of drug-likeness (QED) is 0.672. The third-order valence-corrected chi connectivity index (χ3v) is 5.46. The number of aromatic nitrogens is 1. The van der Waals surface area contributed by atoms with Crippen LogP contribution in [0.3, 0.4) is 0 Å². The van der Waals surface area contributed by atoms with E-state index in [4.69, 9.17) is 9.26 Å². The second-order valence-electron chi connectivity index (χ2n) is 7.77. The first kappa shape index (κ1) is 19.0. The van der Waals surface area contributed by atoms with Crippen LogP contribution in [0, 0.1) is 12.8 Å². The van der Waals surface area contributed by atoms with Gasteiger partial charge < -0.3 is 14.4 Å².